The van der Waals surface area contributed by atoms with Crippen LogP contribution in [0.2, 0.25) is 0 Å². The fourth-order valence-corrected chi connectivity index (χ4v) is 3.11. The molecule has 0 spiro atoms. The Hall–Kier alpha value is -1.32. The van der Waals surface area contributed by atoms with Crippen molar-refractivity contribution >= 4 is 38.6 Å². The summed E-state index contributed by atoms with van der Waals surface area (Å²) in [4.78, 5) is 4.72. The molecule has 4 heteroatoms. The maximum Gasteiger partial charge on any atom is 0.111 e. The van der Waals surface area contributed by atoms with E-state index in [4.69, 9.17) is 16.6 Å². The van der Waals surface area contributed by atoms with Crippen LogP contribution in [0, 0.1) is 6.92 Å². The number of hydrogen-bond donors (Lipinski definition) is 0. The molecule has 0 saturated carbocycles. The number of fused-ring (bicyclic) bond motifs is 1. The standard InChI is InChI=1S/C17H16BrClN2/c1-12-3-2-4-13(9-12)11-21-16-10-14(18)5-6-15(16)20-17(21)7-8-19/h2-6,9-10H,7-8,11H2,1H3. The molecule has 0 aliphatic heterocycles. The van der Waals surface area contributed by atoms with E-state index < -0.39 is 0 Å². The molecule has 0 aliphatic carbocycles. The highest BCUT2D eigenvalue weighted by Gasteiger charge is 2.11. The Morgan fingerprint density at radius 3 is 2.81 bits per heavy atom. The first kappa shape index (κ1) is 14.6. The molecule has 0 fully saturated rings. The van der Waals surface area contributed by atoms with Gasteiger partial charge >= 0.3 is 0 Å². The van der Waals surface area contributed by atoms with Crippen LogP contribution in [0.5, 0.6) is 0 Å². The molecule has 0 unspecified atom stereocenters. The van der Waals surface area contributed by atoms with E-state index in [-0.39, 0.29) is 0 Å². The van der Waals surface area contributed by atoms with E-state index in [1.54, 1.807) is 0 Å². The molecule has 1 heterocycles. The molecule has 2 aromatic carbocycles. The van der Waals surface area contributed by atoms with Crippen LogP contribution in [0.3, 0.4) is 0 Å². The summed E-state index contributed by atoms with van der Waals surface area (Å²) in [5.74, 6) is 1.62. The van der Waals surface area contributed by atoms with Crippen molar-refractivity contribution in [2.45, 2.75) is 19.9 Å². The molecule has 0 bridgehead atoms. The van der Waals surface area contributed by atoms with Crippen LogP contribution in [-0.2, 0) is 13.0 Å². The van der Waals surface area contributed by atoms with Gasteiger partial charge in [-0.2, -0.15) is 0 Å². The normalized spacial score (nSPS) is 11.2. The number of rotatable bonds is 4. The zero-order valence-corrected chi connectivity index (χ0v) is 14.2. The summed E-state index contributed by atoms with van der Waals surface area (Å²) in [6, 6.07) is 14.8. The van der Waals surface area contributed by atoms with E-state index in [9.17, 15) is 0 Å². The van der Waals surface area contributed by atoms with Gasteiger partial charge in [-0.1, -0.05) is 45.8 Å². The van der Waals surface area contributed by atoms with E-state index in [0.29, 0.717) is 5.88 Å². The topological polar surface area (TPSA) is 17.8 Å². The molecule has 21 heavy (non-hydrogen) atoms. The zero-order chi connectivity index (χ0) is 14.8. The van der Waals surface area contributed by atoms with Crippen LogP contribution >= 0.6 is 27.5 Å². The van der Waals surface area contributed by atoms with Crippen LogP contribution in [0.15, 0.2) is 46.9 Å². The quantitative estimate of drug-likeness (QED) is 0.601. The maximum atomic E-state index is 5.93. The second-order valence-electron chi connectivity index (χ2n) is 5.18. The SMILES string of the molecule is Cc1cccc(Cn2c(CCCl)nc3ccc(Br)cc32)c1. The number of aryl methyl sites for hydroxylation is 2. The third kappa shape index (κ3) is 3.14. The van der Waals surface area contributed by atoms with Gasteiger partial charge in [-0.3, -0.25) is 0 Å². The number of imidazole rings is 1. The summed E-state index contributed by atoms with van der Waals surface area (Å²) in [5.41, 5.74) is 4.72. The van der Waals surface area contributed by atoms with Crippen LogP contribution in [0.4, 0.5) is 0 Å². The molecule has 0 N–H and O–H groups in total. The average Bonchev–Trinajstić information content (AvgIpc) is 2.77. The second kappa shape index (κ2) is 6.20. The lowest BCUT2D eigenvalue weighted by Crippen LogP contribution is -2.06. The van der Waals surface area contributed by atoms with Crippen LogP contribution < -0.4 is 0 Å². The molecule has 0 amide bonds. The van der Waals surface area contributed by atoms with Crippen molar-refractivity contribution in [3.63, 3.8) is 0 Å². The summed E-state index contributed by atoms with van der Waals surface area (Å²) in [5, 5.41) is 0. The van der Waals surface area contributed by atoms with E-state index in [1.807, 2.05) is 12.1 Å². The van der Waals surface area contributed by atoms with Crippen molar-refractivity contribution in [3.8, 4) is 0 Å². The second-order valence-corrected chi connectivity index (χ2v) is 6.47. The van der Waals surface area contributed by atoms with Gasteiger partial charge in [0.2, 0.25) is 0 Å². The van der Waals surface area contributed by atoms with Crippen molar-refractivity contribution in [3.05, 3.63) is 63.9 Å². The Labute approximate surface area is 137 Å². The van der Waals surface area contributed by atoms with Crippen molar-refractivity contribution in [2.24, 2.45) is 0 Å². The minimum atomic E-state index is 0.582. The number of benzene rings is 2. The predicted octanol–water partition coefficient (Wildman–Crippen LogP) is 4.94. The first-order chi connectivity index (χ1) is 10.2. The average molecular weight is 364 g/mol. The van der Waals surface area contributed by atoms with Crippen LogP contribution in [-0.4, -0.2) is 15.4 Å². The van der Waals surface area contributed by atoms with Crippen molar-refractivity contribution in [2.75, 3.05) is 5.88 Å². The third-order valence-corrected chi connectivity index (χ3v) is 4.21. The van der Waals surface area contributed by atoms with Gasteiger partial charge in [-0.15, -0.1) is 11.6 Å². The zero-order valence-electron chi connectivity index (χ0n) is 11.8. The van der Waals surface area contributed by atoms with Crippen LogP contribution in [0.25, 0.3) is 11.0 Å². The highest BCUT2D eigenvalue weighted by atomic mass is 79.9. The summed E-state index contributed by atoms with van der Waals surface area (Å²) in [7, 11) is 0. The van der Waals surface area contributed by atoms with Crippen molar-refractivity contribution < 1.29 is 0 Å². The summed E-state index contributed by atoms with van der Waals surface area (Å²) in [6.45, 7) is 2.94. The lowest BCUT2D eigenvalue weighted by atomic mass is 10.1. The number of hydrogen-bond acceptors (Lipinski definition) is 1. The Bertz CT molecular complexity index is 780. The number of halogens is 2. The van der Waals surface area contributed by atoms with Gasteiger partial charge < -0.3 is 4.57 Å². The molecule has 0 radical (unpaired) electrons. The van der Waals surface area contributed by atoms with Gasteiger partial charge in [0.25, 0.3) is 0 Å². The molecular weight excluding hydrogens is 348 g/mol. The number of aromatic nitrogens is 2. The third-order valence-electron chi connectivity index (χ3n) is 3.53. The number of nitrogens with zero attached hydrogens (tertiary/aromatic N) is 2. The van der Waals surface area contributed by atoms with E-state index in [0.717, 1.165) is 34.3 Å². The fraction of sp³-hybridized carbons (Fsp3) is 0.235. The van der Waals surface area contributed by atoms with Gasteiger partial charge in [0, 0.05) is 23.3 Å². The minimum absolute atomic E-state index is 0.582. The highest BCUT2D eigenvalue weighted by molar-refractivity contribution is 9.10. The molecule has 0 atom stereocenters. The molecular formula is C17H16BrClN2. The van der Waals surface area contributed by atoms with E-state index in [2.05, 4.69) is 57.8 Å². The molecule has 2 nitrogen and oxygen atoms in total. The number of alkyl halides is 1. The van der Waals surface area contributed by atoms with Gasteiger partial charge in [0.15, 0.2) is 0 Å². The van der Waals surface area contributed by atoms with Gasteiger partial charge in [0.1, 0.15) is 5.82 Å². The fourth-order valence-electron chi connectivity index (χ4n) is 2.59. The van der Waals surface area contributed by atoms with Gasteiger partial charge in [-0.25, -0.2) is 4.98 Å². The Balaban J connectivity index is 2.10. The molecule has 0 aliphatic rings. The maximum absolute atomic E-state index is 5.93. The smallest absolute Gasteiger partial charge is 0.111 e. The van der Waals surface area contributed by atoms with E-state index in [1.165, 1.54) is 11.1 Å². The first-order valence-electron chi connectivity index (χ1n) is 6.93. The molecule has 108 valence electrons. The monoisotopic (exact) mass is 362 g/mol. The largest absolute Gasteiger partial charge is 0.323 e. The highest BCUT2D eigenvalue weighted by Crippen LogP contribution is 2.23. The lowest BCUT2D eigenvalue weighted by molar-refractivity contribution is 0.754. The Kier molecular flexibility index (Phi) is 4.32. The van der Waals surface area contributed by atoms with Gasteiger partial charge in [0.05, 0.1) is 11.0 Å². The van der Waals surface area contributed by atoms with Crippen molar-refractivity contribution in [1.29, 1.82) is 0 Å². The first-order valence-corrected chi connectivity index (χ1v) is 8.26. The Morgan fingerprint density at radius 2 is 2.05 bits per heavy atom. The molecule has 3 rings (SSSR count). The predicted molar refractivity (Wildman–Crippen MR) is 92.1 cm³/mol. The summed E-state index contributed by atoms with van der Waals surface area (Å²) < 4.78 is 3.33. The molecule has 1 aromatic heterocycles. The van der Waals surface area contributed by atoms with Gasteiger partial charge in [-0.05, 0) is 30.7 Å². The lowest BCUT2D eigenvalue weighted by Gasteiger charge is -2.09. The van der Waals surface area contributed by atoms with Crippen molar-refractivity contribution in [1.82, 2.24) is 9.55 Å². The molecule has 3 aromatic rings. The van der Waals surface area contributed by atoms with Crippen LogP contribution in [0.1, 0.15) is 17.0 Å². The van der Waals surface area contributed by atoms with E-state index >= 15 is 0 Å². The Morgan fingerprint density at radius 1 is 1.19 bits per heavy atom. The molecule has 0 saturated heterocycles. The summed E-state index contributed by atoms with van der Waals surface area (Å²) in [6.07, 6.45) is 0.777. The minimum Gasteiger partial charge on any atom is -0.323 e. The summed E-state index contributed by atoms with van der Waals surface area (Å²) >= 11 is 9.48.